The van der Waals surface area contributed by atoms with E-state index in [9.17, 15) is 13.2 Å². The van der Waals surface area contributed by atoms with Crippen LogP contribution in [0.5, 0.6) is 5.75 Å². The van der Waals surface area contributed by atoms with Gasteiger partial charge >= 0.3 is 6.36 Å². The molecule has 1 N–H and O–H groups in total. The van der Waals surface area contributed by atoms with Crippen molar-refractivity contribution in [2.75, 3.05) is 0 Å². The van der Waals surface area contributed by atoms with Gasteiger partial charge < -0.3 is 14.1 Å². The summed E-state index contributed by atoms with van der Waals surface area (Å²) in [6, 6.07) is 7.19. The second-order valence-electron chi connectivity index (χ2n) is 5.63. The Morgan fingerprint density at radius 3 is 2.67 bits per heavy atom. The van der Waals surface area contributed by atoms with Crippen LogP contribution in [0.15, 0.2) is 41.1 Å². The number of imidazole rings is 1. The minimum Gasteiger partial charge on any atom is -0.458 e. The molecule has 0 saturated heterocycles. The summed E-state index contributed by atoms with van der Waals surface area (Å²) in [5, 5.41) is 0.0634. The van der Waals surface area contributed by atoms with Crippen LogP contribution in [0.3, 0.4) is 0 Å². The maximum atomic E-state index is 12.6. The zero-order chi connectivity index (χ0) is 19.2. The van der Waals surface area contributed by atoms with Crippen molar-refractivity contribution in [3.05, 3.63) is 47.4 Å². The summed E-state index contributed by atoms with van der Waals surface area (Å²) in [6.45, 7) is 1.77. The van der Waals surface area contributed by atoms with Crippen LogP contribution < -0.4 is 4.74 Å². The number of H-pyrrole nitrogens is 1. The Morgan fingerprint density at radius 2 is 1.96 bits per heavy atom. The second-order valence-corrected chi connectivity index (χ2v) is 6.07. The predicted molar refractivity (Wildman–Crippen MR) is 91.3 cm³/mol. The number of alkyl halides is 3. The van der Waals surface area contributed by atoms with Crippen molar-refractivity contribution < 1.29 is 22.3 Å². The van der Waals surface area contributed by atoms with Gasteiger partial charge in [-0.15, -0.1) is 13.2 Å². The van der Waals surface area contributed by atoms with E-state index in [-0.39, 0.29) is 10.8 Å². The van der Waals surface area contributed by atoms with Crippen molar-refractivity contribution in [1.82, 2.24) is 19.9 Å². The molecule has 4 aromatic rings. The fraction of sp³-hybridized carbons (Fsp3) is 0.118. The molecule has 0 amide bonds. The van der Waals surface area contributed by atoms with Gasteiger partial charge in [0, 0.05) is 10.6 Å². The second kappa shape index (κ2) is 6.27. The minimum absolute atomic E-state index is 0.0634. The van der Waals surface area contributed by atoms with Crippen molar-refractivity contribution in [3.63, 3.8) is 0 Å². The highest BCUT2D eigenvalue weighted by molar-refractivity contribution is 6.31. The molecule has 138 valence electrons. The van der Waals surface area contributed by atoms with Gasteiger partial charge in [0.15, 0.2) is 17.2 Å². The molecule has 3 aromatic heterocycles. The van der Waals surface area contributed by atoms with E-state index < -0.39 is 12.1 Å². The molecule has 0 bridgehead atoms. The van der Waals surface area contributed by atoms with Crippen LogP contribution in [0.4, 0.5) is 13.2 Å². The predicted octanol–water partition coefficient (Wildman–Crippen LogP) is 5.14. The Bertz CT molecular complexity index is 1140. The van der Waals surface area contributed by atoms with Crippen LogP contribution in [0, 0.1) is 6.92 Å². The number of fused-ring (bicyclic) bond motifs is 1. The van der Waals surface area contributed by atoms with E-state index in [0.29, 0.717) is 33.9 Å². The zero-order valence-electron chi connectivity index (χ0n) is 13.6. The number of nitrogens with zero attached hydrogens (tertiary/aromatic N) is 3. The van der Waals surface area contributed by atoms with Crippen molar-refractivity contribution in [2.45, 2.75) is 13.3 Å². The quantitative estimate of drug-likeness (QED) is 0.520. The fourth-order valence-electron chi connectivity index (χ4n) is 2.60. The minimum atomic E-state index is -4.84. The van der Waals surface area contributed by atoms with Crippen molar-refractivity contribution in [1.29, 1.82) is 0 Å². The van der Waals surface area contributed by atoms with E-state index in [1.54, 1.807) is 19.1 Å². The first-order chi connectivity index (χ1) is 12.8. The number of furan rings is 1. The Kier molecular flexibility index (Phi) is 4.03. The van der Waals surface area contributed by atoms with Gasteiger partial charge in [0.1, 0.15) is 22.7 Å². The number of rotatable bonds is 3. The van der Waals surface area contributed by atoms with E-state index in [1.807, 2.05) is 0 Å². The molecule has 3 heterocycles. The lowest BCUT2D eigenvalue weighted by Crippen LogP contribution is -2.17. The molecular weight excluding hydrogens is 385 g/mol. The Balaban J connectivity index is 1.89. The number of halogens is 4. The highest BCUT2D eigenvalue weighted by Gasteiger charge is 2.31. The lowest BCUT2D eigenvalue weighted by molar-refractivity contribution is -0.274. The third-order valence-electron chi connectivity index (χ3n) is 3.62. The maximum absolute atomic E-state index is 12.6. The molecule has 1 aromatic carbocycles. The summed E-state index contributed by atoms with van der Waals surface area (Å²) in [5.74, 6) is 0.871. The number of aryl methyl sites for hydroxylation is 1. The highest BCUT2D eigenvalue weighted by Crippen LogP contribution is 2.34. The summed E-state index contributed by atoms with van der Waals surface area (Å²) in [6.07, 6.45) is -3.43. The first-order valence-electron chi connectivity index (χ1n) is 7.63. The van der Waals surface area contributed by atoms with E-state index >= 15 is 0 Å². The Labute approximate surface area is 155 Å². The summed E-state index contributed by atoms with van der Waals surface area (Å²) in [5.41, 5.74) is 1.41. The van der Waals surface area contributed by atoms with Crippen LogP contribution in [-0.2, 0) is 0 Å². The standard InChI is InChI=1S/C17H10ClF3N4O2/c1-8-2-3-12(26-8)15-24-13(14-16(25-15)23-7-22-14)9-4-10(18)6-11(5-9)27-17(19,20)21/h2-7H,1H3,(H,22,23,24,25). The lowest BCUT2D eigenvalue weighted by atomic mass is 10.1. The van der Waals surface area contributed by atoms with Gasteiger partial charge in [-0.1, -0.05) is 11.6 Å². The summed E-state index contributed by atoms with van der Waals surface area (Å²) >= 11 is 5.98. The van der Waals surface area contributed by atoms with Crippen LogP contribution >= 0.6 is 11.6 Å². The summed E-state index contributed by atoms with van der Waals surface area (Å²) in [4.78, 5) is 15.7. The normalized spacial score (nSPS) is 11.9. The summed E-state index contributed by atoms with van der Waals surface area (Å²) < 4.78 is 47.3. The van der Waals surface area contributed by atoms with Crippen LogP contribution in [0.1, 0.15) is 5.76 Å². The van der Waals surface area contributed by atoms with Crippen LogP contribution in [0.2, 0.25) is 5.02 Å². The van der Waals surface area contributed by atoms with Crippen molar-refractivity contribution in [3.8, 4) is 28.6 Å². The molecule has 0 fully saturated rings. The first-order valence-corrected chi connectivity index (χ1v) is 8.01. The van der Waals surface area contributed by atoms with Crippen molar-refractivity contribution >= 4 is 22.8 Å². The SMILES string of the molecule is Cc1ccc(-c2nc(-c3cc(Cl)cc(OC(F)(F)F)c3)c3[nH]cnc3n2)o1. The molecule has 0 radical (unpaired) electrons. The molecule has 0 aliphatic heterocycles. The monoisotopic (exact) mass is 394 g/mol. The third-order valence-corrected chi connectivity index (χ3v) is 3.84. The number of benzene rings is 1. The molecule has 0 spiro atoms. The molecule has 0 unspecified atom stereocenters. The maximum Gasteiger partial charge on any atom is 0.573 e. The Hall–Kier alpha value is -3.07. The zero-order valence-corrected chi connectivity index (χ0v) is 14.4. The molecule has 10 heteroatoms. The highest BCUT2D eigenvalue weighted by atomic mass is 35.5. The van der Waals surface area contributed by atoms with Gasteiger partial charge in [-0.25, -0.2) is 15.0 Å². The van der Waals surface area contributed by atoms with Crippen LogP contribution in [-0.4, -0.2) is 26.3 Å². The number of aromatic amines is 1. The van der Waals surface area contributed by atoms with Gasteiger partial charge in [0.2, 0.25) is 0 Å². The molecule has 4 rings (SSSR count). The van der Waals surface area contributed by atoms with Crippen molar-refractivity contribution in [2.24, 2.45) is 0 Å². The lowest BCUT2D eigenvalue weighted by Gasteiger charge is -2.11. The molecule has 0 saturated carbocycles. The van der Waals surface area contributed by atoms with Crippen LogP contribution in [0.25, 0.3) is 34.0 Å². The van der Waals surface area contributed by atoms with E-state index in [0.717, 1.165) is 6.07 Å². The average Bonchev–Trinajstić information content (AvgIpc) is 3.20. The van der Waals surface area contributed by atoms with E-state index in [2.05, 4.69) is 24.7 Å². The molecule has 27 heavy (non-hydrogen) atoms. The van der Waals surface area contributed by atoms with Gasteiger partial charge in [-0.05, 0) is 37.3 Å². The fourth-order valence-corrected chi connectivity index (χ4v) is 2.82. The average molecular weight is 395 g/mol. The molecule has 6 nitrogen and oxygen atoms in total. The topological polar surface area (TPSA) is 76.8 Å². The molecule has 0 aliphatic rings. The third kappa shape index (κ3) is 3.59. The van der Waals surface area contributed by atoms with Gasteiger partial charge in [0.05, 0.1) is 6.33 Å². The number of aromatic nitrogens is 4. The Morgan fingerprint density at radius 1 is 1.15 bits per heavy atom. The number of hydrogen-bond acceptors (Lipinski definition) is 5. The van der Waals surface area contributed by atoms with E-state index in [4.69, 9.17) is 16.0 Å². The van der Waals surface area contributed by atoms with E-state index in [1.165, 1.54) is 18.5 Å². The largest absolute Gasteiger partial charge is 0.573 e. The van der Waals surface area contributed by atoms with Gasteiger partial charge in [-0.2, -0.15) is 0 Å². The first kappa shape index (κ1) is 17.3. The van der Waals surface area contributed by atoms with Gasteiger partial charge in [0.25, 0.3) is 0 Å². The number of hydrogen-bond donors (Lipinski definition) is 1. The summed E-state index contributed by atoms with van der Waals surface area (Å²) in [7, 11) is 0. The van der Waals surface area contributed by atoms with Gasteiger partial charge in [-0.3, -0.25) is 0 Å². The molecular formula is C17H10ClF3N4O2. The smallest absolute Gasteiger partial charge is 0.458 e. The molecule has 0 atom stereocenters. The number of ether oxygens (including phenoxy) is 1. The molecule has 0 aliphatic carbocycles. The number of nitrogens with one attached hydrogen (secondary N) is 1.